The largest absolute Gasteiger partial charge is 0.378 e. The Labute approximate surface area is 157 Å². The number of halogens is 1. The molecule has 0 radical (unpaired) electrons. The summed E-state index contributed by atoms with van der Waals surface area (Å²) >= 11 is 1.49. The van der Waals surface area contributed by atoms with Gasteiger partial charge >= 0.3 is 0 Å². The van der Waals surface area contributed by atoms with Crippen molar-refractivity contribution in [3.8, 4) is 0 Å². The van der Waals surface area contributed by atoms with Crippen LogP contribution < -0.4 is 5.32 Å². The van der Waals surface area contributed by atoms with Crippen LogP contribution in [-0.2, 0) is 15.3 Å². The Hall–Kier alpha value is -2.31. The number of thioether (sulfide) groups is 1. The Morgan fingerprint density at radius 1 is 1.12 bits per heavy atom. The van der Waals surface area contributed by atoms with Gasteiger partial charge in [-0.05, 0) is 29.8 Å². The van der Waals surface area contributed by atoms with Gasteiger partial charge in [0.1, 0.15) is 5.82 Å². The zero-order valence-electron chi connectivity index (χ0n) is 14.4. The Balaban J connectivity index is 1.71. The number of nitrogens with zero attached hydrogens (tertiary/aromatic N) is 1. The number of carbonyl (C=O) groups is 1. The van der Waals surface area contributed by atoms with E-state index in [0.29, 0.717) is 29.6 Å². The van der Waals surface area contributed by atoms with Crippen molar-refractivity contribution >= 4 is 23.4 Å². The van der Waals surface area contributed by atoms with E-state index in [1.807, 2.05) is 36.5 Å². The van der Waals surface area contributed by atoms with Crippen LogP contribution in [0, 0.1) is 5.82 Å². The highest BCUT2D eigenvalue weighted by Gasteiger charge is 2.15. The van der Waals surface area contributed by atoms with E-state index >= 15 is 0 Å². The van der Waals surface area contributed by atoms with Gasteiger partial charge in [-0.25, -0.2) is 4.39 Å². The monoisotopic (exact) mass is 372 g/mol. The van der Waals surface area contributed by atoms with Gasteiger partial charge in [0.15, 0.2) is 0 Å². The molecule has 0 spiro atoms. The normalized spacial score (nSPS) is 15.0. The number of benzene rings is 2. The van der Waals surface area contributed by atoms with Crippen LogP contribution in [-0.4, -0.2) is 37.1 Å². The molecule has 4 nitrogen and oxygen atoms in total. The molecule has 1 saturated heterocycles. The second kappa shape index (κ2) is 9.40. The Morgan fingerprint density at radius 2 is 1.81 bits per heavy atom. The van der Waals surface area contributed by atoms with Crippen molar-refractivity contribution < 1.29 is 13.9 Å². The average Bonchev–Trinajstić information content (AvgIpc) is 2.68. The number of amides is 1. The first kappa shape index (κ1) is 18.5. The summed E-state index contributed by atoms with van der Waals surface area (Å²) in [6.07, 6.45) is 1.90. The fourth-order valence-corrected chi connectivity index (χ4v) is 3.42. The van der Waals surface area contributed by atoms with Gasteiger partial charge in [0.05, 0.1) is 18.1 Å². The lowest BCUT2D eigenvalue weighted by Crippen LogP contribution is -2.33. The predicted octanol–water partition coefficient (Wildman–Crippen LogP) is 3.87. The van der Waals surface area contributed by atoms with Gasteiger partial charge in [-0.3, -0.25) is 4.79 Å². The molecule has 0 bridgehead atoms. The Morgan fingerprint density at radius 3 is 2.50 bits per heavy atom. The fourth-order valence-electron chi connectivity index (χ4n) is 2.50. The summed E-state index contributed by atoms with van der Waals surface area (Å²) in [6.45, 7) is 2.85. The molecule has 2 aromatic carbocycles. The van der Waals surface area contributed by atoms with Gasteiger partial charge < -0.3 is 15.0 Å². The summed E-state index contributed by atoms with van der Waals surface area (Å²) < 4.78 is 18.4. The minimum Gasteiger partial charge on any atom is -0.378 e. The zero-order chi connectivity index (χ0) is 18.2. The number of morpholine rings is 1. The lowest BCUT2D eigenvalue weighted by molar-refractivity contribution is -0.112. The molecule has 2 aromatic rings. The third-order valence-corrected chi connectivity index (χ3v) is 4.99. The molecule has 1 aliphatic heterocycles. The maximum atomic E-state index is 13.1. The number of hydrogen-bond donors (Lipinski definition) is 1. The number of carbonyl (C=O) groups excluding carboxylic acids is 1. The van der Waals surface area contributed by atoms with Crippen LogP contribution in [0.1, 0.15) is 5.56 Å². The quantitative estimate of drug-likeness (QED) is 0.782. The summed E-state index contributed by atoms with van der Waals surface area (Å²) in [5.41, 5.74) is 1.73. The van der Waals surface area contributed by atoms with E-state index in [9.17, 15) is 9.18 Å². The average molecular weight is 372 g/mol. The SMILES string of the molecule is O=C(Nc1ccc(F)cc1)/C(=C/N1CCOCC1)SCc1ccccc1. The highest BCUT2D eigenvalue weighted by atomic mass is 32.2. The van der Waals surface area contributed by atoms with Crippen molar-refractivity contribution in [3.63, 3.8) is 0 Å². The van der Waals surface area contributed by atoms with Crippen LogP contribution in [0.4, 0.5) is 10.1 Å². The molecule has 0 unspecified atom stereocenters. The fraction of sp³-hybridized carbons (Fsp3) is 0.250. The van der Waals surface area contributed by atoms with E-state index in [0.717, 1.165) is 18.7 Å². The molecule has 1 heterocycles. The van der Waals surface area contributed by atoms with E-state index in [4.69, 9.17) is 4.74 Å². The summed E-state index contributed by atoms with van der Waals surface area (Å²) in [5, 5.41) is 2.84. The van der Waals surface area contributed by atoms with Crippen LogP contribution in [0.15, 0.2) is 65.7 Å². The highest BCUT2D eigenvalue weighted by Crippen LogP contribution is 2.24. The molecular weight excluding hydrogens is 351 g/mol. The van der Waals surface area contributed by atoms with Gasteiger partial charge in [-0.2, -0.15) is 0 Å². The van der Waals surface area contributed by atoms with E-state index in [1.54, 1.807) is 12.1 Å². The molecule has 3 rings (SSSR count). The standard InChI is InChI=1S/C20H21FN2O2S/c21-17-6-8-18(9-7-17)22-20(24)19(14-23-10-12-25-13-11-23)26-15-16-4-2-1-3-5-16/h1-9,14H,10-13,15H2,(H,22,24)/b19-14-. The van der Waals surface area contributed by atoms with E-state index < -0.39 is 0 Å². The molecule has 1 aliphatic rings. The second-order valence-electron chi connectivity index (χ2n) is 5.88. The maximum absolute atomic E-state index is 13.1. The van der Waals surface area contributed by atoms with Crippen molar-refractivity contribution in [2.75, 3.05) is 31.6 Å². The van der Waals surface area contributed by atoms with Crippen LogP contribution >= 0.6 is 11.8 Å². The topological polar surface area (TPSA) is 41.6 Å². The van der Waals surface area contributed by atoms with Gasteiger partial charge in [-0.1, -0.05) is 30.3 Å². The summed E-state index contributed by atoms with van der Waals surface area (Å²) in [7, 11) is 0. The summed E-state index contributed by atoms with van der Waals surface area (Å²) in [5.74, 6) is 0.183. The molecule has 0 aromatic heterocycles. The minimum atomic E-state index is -0.328. The van der Waals surface area contributed by atoms with Crippen LogP contribution in [0.25, 0.3) is 0 Å². The second-order valence-corrected chi connectivity index (χ2v) is 6.89. The molecule has 0 atom stereocenters. The van der Waals surface area contributed by atoms with Gasteiger partial charge in [0.2, 0.25) is 0 Å². The highest BCUT2D eigenvalue weighted by molar-refractivity contribution is 8.03. The van der Waals surface area contributed by atoms with Crippen LogP contribution in [0.3, 0.4) is 0 Å². The molecular formula is C20H21FN2O2S. The van der Waals surface area contributed by atoms with Crippen molar-refractivity contribution in [1.82, 2.24) is 4.90 Å². The van der Waals surface area contributed by atoms with E-state index in [2.05, 4.69) is 10.2 Å². The molecule has 136 valence electrons. The molecule has 6 heteroatoms. The molecule has 0 saturated carbocycles. The van der Waals surface area contributed by atoms with E-state index in [1.165, 1.54) is 23.9 Å². The predicted molar refractivity (Wildman–Crippen MR) is 103 cm³/mol. The van der Waals surface area contributed by atoms with Crippen LogP contribution in [0.2, 0.25) is 0 Å². The van der Waals surface area contributed by atoms with Crippen molar-refractivity contribution in [2.24, 2.45) is 0 Å². The van der Waals surface area contributed by atoms with Crippen molar-refractivity contribution in [2.45, 2.75) is 5.75 Å². The number of rotatable bonds is 6. The molecule has 1 N–H and O–H groups in total. The maximum Gasteiger partial charge on any atom is 0.263 e. The van der Waals surface area contributed by atoms with Crippen molar-refractivity contribution in [1.29, 1.82) is 0 Å². The summed E-state index contributed by atoms with van der Waals surface area (Å²) in [4.78, 5) is 15.5. The zero-order valence-corrected chi connectivity index (χ0v) is 15.2. The molecule has 1 fully saturated rings. The minimum absolute atomic E-state index is 0.191. The first-order valence-electron chi connectivity index (χ1n) is 8.48. The lowest BCUT2D eigenvalue weighted by atomic mass is 10.2. The Kier molecular flexibility index (Phi) is 6.68. The number of anilines is 1. The number of ether oxygens (including phenoxy) is 1. The third kappa shape index (κ3) is 5.61. The number of nitrogens with one attached hydrogen (secondary N) is 1. The van der Waals surface area contributed by atoms with E-state index in [-0.39, 0.29) is 11.7 Å². The lowest BCUT2D eigenvalue weighted by Gasteiger charge is -2.26. The smallest absolute Gasteiger partial charge is 0.263 e. The Bertz CT molecular complexity index is 744. The van der Waals surface area contributed by atoms with Gasteiger partial charge in [-0.15, -0.1) is 11.8 Å². The first-order valence-corrected chi connectivity index (χ1v) is 9.46. The third-order valence-electron chi connectivity index (χ3n) is 3.91. The van der Waals surface area contributed by atoms with Crippen molar-refractivity contribution in [3.05, 3.63) is 77.1 Å². The van der Waals surface area contributed by atoms with Gasteiger partial charge in [0, 0.05) is 30.7 Å². The van der Waals surface area contributed by atoms with Crippen LogP contribution in [0.5, 0.6) is 0 Å². The number of hydrogen-bond acceptors (Lipinski definition) is 4. The molecule has 26 heavy (non-hydrogen) atoms. The molecule has 0 aliphatic carbocycles. The molecule has 1 amide bonds. The first-order chi connectivity index (χ1) is 12.7. The van der Waals surface area contributed by atoms with Gasteiger partial charge in [0.25, 0.3) is 5.91 Å². The summed E-state index contributed by atoms with van der Waals surface area (Å²) in [6, 6.07) is 15.8.